The highest BCUT2D eigenvalue weighted by Crippen LogP contribution is 2.37. The molecule has 3 aromatic heterocycles. The van der Waals surface area contributed by atoms with Crippen LogP contribution in [0, 0.1) is 12.7 Å². The average molecular weight is 544 g/mol. The van der Waals surface area contributed by atoms with Crippen LogP contribution in [-0.4, -0.2) is 48.5 Å². The molecule has 39 heavy (non-hydrogen) atoms. The fourth-order valence-electron chi connectivity index (χ4n) is 4.81. The number of anilines is 1. The van der Waals surface area contributed by atoms with Gasteiger partial charge < -0.3 is 9.64 Å². The summed E-state index contributed by atoms with van der Waals surface area (Å²) in [6.45, 7) is 4.21. The van der Waals surface area contributed by atoms with Gasteiger partial charge in [-0.2, -0.15) is 18.3 Å². The maximum atomic E-state index is 15.2. The lowest BCUT2D eigenvalue weighted by atomic mass is 10.1. The second-order valence-corrected chi connectivity index (χ2v) is 10.1. The van der Waals surface area contributed by atoms with E-state index in [9.17, 15) is 18.0 Å². The standard InChI is InChI=1S/C26H25F4N7O2/c1-13-10-36(12-20(39-13)15-9-31-37(11-15)17-5-6-17)25-33-21(18-7-4-16(8-19(18)27)26(28,29)30)22-23(34-25)24(38)35(3)14(2)32-22/h4,7-9,11,13,17,20H,5-6,10,12H2,1-3H3/t13-,20+/m0/s1. The molecule has 4 heterocycles. The Balaban J connectivity index is 1.47. The lowest BCUT2D eigenvalue weighted by Gasteiger charge is -2.36. The van der Waals surface area contributed by atoms with E-state index in [0.29, 0.717) is 31.0 Å². The third-order valence-electron chi connectivity index (χ3n) is 7.15. The van der Waals surface area contributed by atoms with Crippen molar-refractivity contribution in [2.45, 2.75) is 51.1 Å². The van der Waals surface area contributed by atoms with Gasteiger partial charge in [0.1, 0.15) is 29.0 Å². The molecule has 0 spiro atoms. The molecule has 4 aromatic rings. The summed E-state index contributed by atoms with van der Waals surface area (Å²) >= 11 is 0. The Labute approximate surface area is 220 Å². The zero-order valence-corrected chi connectivity index (χ0v) is 21.4. The fourth-order valence-corrected chi connectivity index (χ4v) is 4.81. The lowest BCUT2D eigenvalue weighted by molar-refractivity contribution is -0.137. The first-order chi connectivity index (χ1) is 18.5. The summed E-state index contributed by atoms with van der Waals surface area (Å²) in [6.07, 6.45) is 0.604. The summed E-state index contributed by atoms with van der Waals surface area (Å²) in [5.41, 5.74) is -1.01. The lowest BCUT2D eigenvalue weighted by Crippen LogP contribution is -2.43. The highest BCUT2D eigenvalue weighted by Gasteiger charge is 2.34. The van der Waals surface area contributed by atoms with Crippen LogP contribution >= 0.6 is 0 Å². The second-order valence-electron chi connectivity index (χ2n) is 10.1. The Bertz CT molecular complexity index is 1640. The third kappa shape index (κ3) is 4.64. The SMILES string of the molecule is Cc1nc2c(-c3ccc(C(F)(F)F)cc3F)nc(N3C[C@H](C)O[C@@H](c4cnn(C5CC5)c4)C3)nc2c(=O)n1C. The number of benzene rings is 1. The van der Waals surface area contributed by atoms with E-state index < -0.39 is 23.1 Å². The van der Waals surface area contributed by atoms with Gasteiger partial charge in [-0.3, -0.25) is 14.0 Å². The first-order valence-corrected chi connectivity index (χ1v) is 12.6. The first-order valence-electron chi connectivity index (χ1n) is 12.6. The van der Waals surface area contributed by atoms with Crippen LogP contribution in [0.3, 0.4) is 0 Å². The normalized spacial score (nSPS) is 20.1. The van der Waals surface area contributed by atoms with E-state index in [1.807, 2.05) is 22.7 Å². The van der Waals surface area contributed by atoms with E-state index in [2.05, 4.69) is 20.1 Å². The molecule has 0 amide bonds. The van der Waals surface area contributed by atoms with Crippen molar-refractivity contribution in [3.63, 3.8) is 0 Å². The maximum Gasteiger partial charge on any atom is 0.416 e. The van der Waals surface area contributed by atoms with E-state index in [-0.39, 0.29) is 40.4 Å². The summed E-state index contributed by atoms with van der Waals surface area (Å²) in [5.74, 6) is -0.670. The number of halogens is 4. The number of fused-ring (bicyclic) bond motifs is 1. The Hall–Kier alpha value is -3.87. The number of ether oxygens (including phenoxy) is 1. The van der Waals surface area contributed by atoms with Crippen molar-refractivity contribution < 1.29 is 22.3 Å². The van der Waals surface area contributed by atoms with E-state index in [1.54, 1.807) is 13.1 Å². The van der Waals surface area contributed by atoms with E-state index in [4.69, 9.17) is 4.74 Å². The Kier molecular flexibility index (Phi) is 5.93. The molecule has 13 heteroatoms. The van der Waals surface area contributed by atoms with Gasteiger partial charge in [-0.25, -0.2) is 19.3 Å². The summed E-state index contributed by atoms with van der Waals surface area (Å²) < 4.78 is 64.2. The van der Waals surface area contributed by atoms with E-state index >= 15 is 4.39 Å². The summed E-state index contributed by atoms with van der Waals surface area (Å²) in [5, 5.41) is 4.45. The molecule has 2 atom stereocenters. The van der Waals surface area contributed by atoms with Gasteiger partial charge >= 0.3 is 6.18 Å². The minimum absolute atomic E-state index is 0.0153. The number of nitrogens with zero attached hydrogens (tertiary/aromatic N) is 7. The molecule has 204 valence electrons. The molecule has 2 aliphatic rings. The Morgan fingerprint density at radius 3 is 2.54 bits per heavy atom. The van der Waals surface area contributed by atoms with Crippen molar-refractivity contribution in [1.82, 2.24) is 29.3 Å². The molecule has 1 saturated carbocycles. The zero-order chi connectivity index (χ0) is 27.6. The van der Waals surface area contributed by atoms with Crippen molar-refractivity contribution in [1.29, 1.82) is 0 Å². The number of hydrogen-bond donors (Lipinski definition) is 0. The molecule has 1 saturated heterocycles. The van der Waals surface area contributed by atoms with E-state index in [0.717, 1.165) is 30.5 Å². The number of aryl methyl sites for hydroxylation is 1. The third-order valence-corrected chi connectivity index (χ3v) is 7.15. The van der Waals surface area contributed by atoms with Gasteiger partial charge in [0.25, 0.3) is 5.56 Å². The van der Waals surface area contributed by atoms with Gasteiger partial charge in [0.2, 0.25) is 5.95 Å². The maximum absolute atomic E-state index is 15.2. The fraction of sp³-hybridized carbons (Fsp3) is 0.423. The van der Waals surface area contributed by atoms with Crippen LogP contribution in [0.2, 0.25) is 0 Å². The molecule has 2 fully saturated rings. The zero-order valence-electron chi connectivity index (χ0n) is 21.4. The van der Waals surface area contributed by atoms with E-state index in [1.165, 1.54) is 11.6 Å². The van der Waals surface area contributed by atoms with Crippen molar-refractivity contribution in [3.05, 3.63) is 63.7 Å². The van der Waals surface area contributed by atoms with Crippen LogP contribution in [0.4, 0.5) is 23.5 Å². The van der Waals surface area contributed by atoms with Crippen LogP contribution in [0.15, 0.2) is 35.4 Å². The molecule has 1 aromatic carbocycles. The van der Waals surface area contributed by atoms with Gasteiger partial charge in [-0.1, -0.05) is 0 Å². The predicted molar refractivity (Wildman–Crippen MR) is 134 cm³/mol. The minimum atomic E-state index is -4.71. The quantitative estimate of drug-likeness (QED) is 0.354. The second kappa shape index (κ2) is 9.11. The number of hydrogen-bond acceptors (Lipinski definition) is 7. The first kappa shape index (κ1) is 25.4. The van der Waals surface area contributed by atoms with Gasteiger partial charge in [-0.15, -0.1) is 0 Å². The van der Waals surface area contributed by atoms with Crippen LogP contribution in [-0.2, 0) is 18.0 Å². The molecule has 1 aliphatic heterocycles. The highest BCUT2D eigenvalue weighted by atomic mass is 19.4. The van der Waals surface area contributed by atoms with Crippen LogP contribution in [0.5, 0.6) is 0 Å². The van der Waals surface area contributed by atoms with Crippen molar-refractivity contribution in [3.8, 4) is 11.3 Å². The molecule has 0 bridgehead atoms. The van der Waals surface area contributed by atoms with Gasteiger partial charge in [0.15, 0.2) is 5.52 Å². The highest BCUT2D eigenvalue weighted by molar-refractivity contribution is 5.89. The molecule has 0 N–H and O–H groups in total. The Morgan fingerprint density at radius 2 is 1.85 bits per heavy atom. The topological polar surface area (TPSA) is 91.0 Å². The molecule has 9 nitrogen and oxygen atoms in total. The van der Waals surface area contributed by atoms with Gasteiger partial charge in [0.05, 0.1) is 30.5 Å². The van der Waals surface area contributed by atoms with Crippen LogP contribution in [0.25, 0.3) is 22.3 Å². The summed E-state index contributed by atoms with van der Waals surface area (Å²) in [6, 6.07) is 2.62. The van der Waals surface area contributed by atoms with Gasteiger partial charge in [-0.05, 0) is 44.9 Å². The molecular weight excluding hydrogens is 518 g/mol. The van der Waals surface area contributed by atoms with Crippen molar-refractivity contribution in [2.24, 2.45) is 7.05 Å². The molecular formula is C26H25F4N7O2. The van der Waals surface area contributed by atoms with Crippen LogP contribution < -0.4 is 10.5 Å². The summed E-state index contributed by atoms with van der Waals surface area (Å²) in [7, 11) is 1.54. The monoisotopic (exact) mass is 543 g/mol. The largest absolute Gasteiger partial charge is 0.416 e. The van der Waals surface area contributed by atoms with Crippen LogP contribution in [0.1, 0.15) is 48.9 Å². The van der Waals surface area contributed by atoms with Crippen molar-refractivity contribution >= 4 is 17.0 Å². The smallest absolute Gasteiger partial charge is 0.367 e. The number of alkyl halides is 3. The number of aromatic nitrogens is 6. The van der Waals surface area contributed by atoms with Gasteiger partial charge in [0, 0.05) is 30.9 Å². The predicted octanol–water partition coefficient (Wildman–Crippen LogP) is 4.35. The summed E-state index contributed by atoms with van der Waals surface area (Å²) in [4.78, 5) is 28.5. The molecule has 1 aliphatic carbocycles. The molecule has 0 unspecified atom stereocenters. The van der Waals surface area contributed by atoms with Crippen molar-refractivity contribution in [2.75, 3.05) is 18.0 Å². The molecule has 6 rings (SSSR count). The Morgan fingerprint density at radius 1 is 1.08 bits per heavy atom. The average Bonchev–Trinajstić information content (AvgIpc) is 3.62. The number of rotatable bonds is 4. The minimum Gasteiger partial charge on any atom is -0.367 e. The molecule has 0 radical (unpaired) electrons. The number of morpholine rings is 1.